The molecule has 2 aromatic rings. The molecule has 7 nitrogen and oxygen atoms in total. The first-order chi connectivity index (χ1) is 13.8. The molecule has 2 amide bonds. The molecule has 1 saturated heterocycles. The van der Waals surface area contributed by atoms with Crippen molar-refractivity contribution in [2.45, 2.75) is 0 Å². The van der Waals surface area contributed by atoms with Gasteiger partial charge in [0.15, 0.2) is 0 Å². The van der Waals surface area contributed by atoms with Crippen LogP contribution in [0.2, 0.25) is 0 Å². The minimum atomic E-state index is -1.35. The number of benzene rings is 2. The summed E-state index contributed by atoms with van der Waals surface area (Å²) in [4.78, 5) is 37.1. The lowest BCUT2D eigenvalue weighted by Crippen LogP contribution is -2.36. The number of aromatic hydroxyl groups is 1. The first-order valence-corrected chi connectivity index (χ1v) is 9.35. The zero-order valence-corrected chi connectivity index (χ0v) is 16.2. The van der Waals surface area contributed by atoms with E-state index in [4.69, 9.17) is 17.3 Å². The molecular weight excluding hydrogens is 419 g/mol. The van der Waals surface area contributed by atoms with E-state index in [1.54, 1.807) is 6.07 Å². The molecule has 0 unspecified atom stereocenters. The number of carboxylic acid groups (broad SMARTS) is 1. The van der Waals surface area contributed by atoms with Gasteiger partial charge in [-0.1, -0.05) is 42.2 Å². The smallest absolute Gasteiger partial charge is 0.339 e. The van der Waals surface area contributed by atoms with Gasteiger partial charge in [-0.25, -0.2) is 9.18 Å². The summed E-state index contributed by atoms with van der Waals surface area (Å²) in [5.41, 5.74) is -0.0125. The van der Waals surface area contributed by atoms with Crippen molar-refractivity contribution in [3.05, 3.63) is 64.3 Å². The van der Waals surface area contributed by atoms with Crippen LogP contribution in [0.4, 0.5) is 10.1 Å². The lowest BCUT2D eigenvalue weighted by atomic mass is 10.2. The van der Waals surface area contributed by atoms with Crippen LogP contribution < -0.4 is 5.32 Å². The maximum absolute atomic E-state index is 13.8. The first kappa shape index (κ1) is 20.5. The minimum absolute atomic E-state index is 0.137. The fraction of sp³-hybridized carbons (Fsp3) is 0.0526. The summed E-state index contributed by atoms with van der Waals surface area (Å²) < 4.78 is 13.9. The van der Waals surface area contributed by atoms with Crippen molar-refractivity contribution in [3.63, 3.8) is 0 Å². The predicted molar refractivity (Wildman–Crippen MR) is 110 cm³/mol. The highest BCUT2D eigenvalue weighted by molar-refractivity contribution is 8.26. The van der Waals surface area contributed by atoms with Crippen molar-refractivity contribution in [1.29, 1.82) is 0 Å². The molecule has 29 heavy (non-hydrogen) atoms. The second-order valence-corrected chi connectivity index (χ2v) is 7.55. The third kappa shape index (κ3) is 4.61. The van der Waals surface area contributed by atoms with Crippen LogP contribution in [-0.4, -0.2) is 43.8 Å². The van der Waals surface area contributed by atoms with E-state index in [1.165, 1.54) is 30.3 Å². The second-order valence-electron chi connectivity index (χ2n) is 5.87. The number of phenols is 1. The Kier molecular flexibility index (Phi) is 5.95. The van der Waals surface area contributed by atoms with Crippen LogP contribution in [0.3, 0.4) is 0 Å². The Morgan fingerprint density at radius 2 is 1.97 bits per heavy atom. The van der Waals surface area contributed by atoms with Crippen molar-refractivity contribution in [3.8, 4) is 5.75 Å². The number of halogens is 1. The normalized spacial score (nSPS) is 15.1. The molecule has 1 heterocycles. The highest BCUT2D eigenvalue weighted by Crippen LogP contribution is 2.32. The number of nitrogens with zero attached hydrogens (tertiary/aromatic N) is 1. The van der Waals surface area contributed by atoms with Crippen LogP contribution in [0.1, 0.15) is 15.9 Å². The molecule has 0 aliphatic carbocycles. The van der Waals surface area contributed by atoms with Crippen molar-refractivity contribution in [2.24, 2.45) is 0 Å². The number of carboxylic acids is 1. The van der Waals surface area contributed by atoms with Crippen LogP contribution >= 0.6 is 24.0 Å². The molecule has 0 bridgehead atoms. The number of carbonyl (C=O) groups is 3. The lowest BCUT2D eigenvalue weighted by Gasteiger charge is -2.14. The molecule has 3 N–H and O–H groups in total. The van der Waals surface area contributed by atoms with Crippen molar-refractivity contribution < 1.29 is 29.0 Å². The summed E-state index contributed by atoms with van der Waals surface area (Å²) >= 11 is 6.09. The second kappa shape index (κ2) is 8.41. The Morgan fingerprint density at radius 3 is 2.66 bits per heavy atom. The standard InChI is InChI=1S/C19H13FN2O5S2/c20-13-4-2-1-3-10(13)7-15-17(25)22(19(28)29-15)9-16(24)21-11-5-6-14(23)12(8-11)18(26)27/h1-8,23H,9H2,(H,21,24)(H,26,27)/b15-7+. The largest absolute Gasteiger partial charge is 0.507 e. The van der Waals surface area contributed by atoms with Crippen LogP contribution in [0.25, 0.3) is 6.08 Å². The summed E-state index contributed by atoms with van der Waals surface area (Å²) in [6, 6.07) is 9.49. The van der Waals surface area contributed by atoms with E-state index < -0.39 is 35.9 Å². The topological polar surface area (TPSA) is 107 Å². The number of thioether (sulfide) groups is 1. The van der Waals surface area contributed by atoms with Crippen LogP contribution in [0.5, 0.6) is 5.75 Å². The van der Waals surface area contributed by atoms with E-state index in [9.17, 15) is 23.9 Å². The van der Waals surface area contributed by atoms with Gasteiger partial charge >= 0.3 is 5.97 Å². The van der Waals surface area contributed by atoms with E-state index in [0.717, 1.165) is 28.8 Å². The summed E-state index contributed by atoms with van der Waals surface area (Å²) in [5.74, 6) is -3.43. The van der Waals surface area contributed by atoms with E-state index in [-0.39, 0.29) is 26.0 Å². The summed E-state index contributed by atoms with van der Waals surface area (Å²) in [5, 5.41) is 21.0. The first-order valence-electron chi connectivity index (χ1n) is 8.12. The molecule has 0 radical (unpaired) electrons. The molecule has 148 valence electrons. The van der Waals surface area contributed by atoms with Crippen LogP contribution in [0, 0.1) is 5.82 Å². The van der Waals surface area contributed by atoms with Crippen molar-refractivity contribution in [2.75, 3.05) is 11.9 Å². The number of aromatic carboxylic acids is 1. The Labute approximate surface area is 173 Å². The van der Waals surface area contributed by atoms with Gasteiger partial charge in [-0.05, 0) is 30.3 Å². The Morgan fingerprint density at radius 1 is 1.24 bits per heavy atom. The van der Waals surface area contributed by atoms with Gasteiger partial charge in [0.1, 0.15) is 28.0 Å². The Hall–Kier alpha value is -3.24. The number of amides is 2. The van der Waals surface area contributed by atoms with E-state index in [2.05, 4.69) is 5.32 Å². The number of carbonyl (C=O) groups excluding carboxylic acids is 2. The van der Waals surface area contributed by atoms with E-state index in [0.29, 0.717) is 0 Å². The van der Waals surface area contributed by atoms with Gasteiger partial charge in [0, 0.05) is 11.3 Å². The average Bonchev–Trinajstić information content (AvgIpc) is 2.92. The number of hydrogen-bond acceptors (Lipinski definition) is 6. The maximum Gasteiger partial charge on any atom is 0.339 e. The maximum atomic E-state index is 13.8. The van der Waals surface area contributed by atoms with Gasteiger partial charge in [0.2, 0.25) is 5.91 Å². The van der Waals surface area contributed by atoms with Crippen LogP contribution in [0.15, 0.2) is 47.4 Å². The molecule has 0 spiro atoms. The van der Waals surface area contributed by atoms with Crippen LogP contribution in [-0.2, 0) is 9.59 Å². The molecule has 10 heteroatoms. The van der Waals surface area contributed by atoms with E-state index in [1.807, 2.05) is 0 Å². The van der Waals surface area contributed by atoms with E-state index >= 15 is 0 Å². The average molecular weight is 432 g/mol. The van der Waals surface area contributed by atoms with Crippen molar-refractivity contribution in [1.82, 2.24) is 4.90 Å². The molecule has 0 aromatic heterocycles. The third-order valence-corrected chi connectivity index (χ3v) is 5.26. The molecule has 3 rings (SSSR count). The SMILES string of the molecule is O=C(CN1C(=O)/C(=C\c2ccccc2F)SC1=S)Nc1ccc(O)c(C(=O)O)c1. The summed E-state index contributed by atoms with van der Waals surface area (Å²) in [6.45, 7) is -0.400. The zero-order valence-electron chi connectivity index (χ0n) is 14.6. The molecular formula is C19H13FN2O5S2. The quantitative estimate of drug-likeness (QED) is 0.379. The van der Waals surface area contributed by atoms with Gasteiger partial charge < -0.3 is 15.5 Å². The number of hydrogen-bond donors (Lipinski definition) is 3. The molecule has 1 fully saturated rings. The van der Waals surface area contributed by atoms with Gasteiger partial charge in [0.25, 0.3) is 5.91 Å². The molecule has 1 aliphatic rings. The molecule has 0 atom stereocenters. The molecule has 2 aromatic carbocycles. The number of anilines is 1. The van der Waals surface area contributed by atoms with Gasteiger partial charge in [-0.2, -0.15) is 0 Å². The predicted octanol–water partition coefficient (Wildman–Crippen LogP) is 3.07. The Balaban J connectivity index is 1.72. The third-order valence-electron chi connectivity index (χ3n) is 3.88. The monoisotopic (exact) mass is 432 g/mol. The fourth-order valence-electron chi connectivity index (χ4n) is 2.50. The number of rotatable bonds is 5. The van der Waals surface area contributed by atoms with Crippen molar-refractivity contribution >= 4 is 57.8 Å². The zero-order chi connectivity index (χ0) is 21.1. The Bertz CT molecular complexity index is 1070. The van der Waals surface area contributed by atoms with Gasteiger partial charge in [-0.3, -0.25) is 14.5 Å². The molecule has 1 aliphatic heterocycles. The van der Waals surface area contributed by atoms with Gasteiger partial charge in [0.05, 0.1) is 4.91 Å². The fourth-order valence-corrected chi connectivity index (χ4v) is 3.74. The summed E-state index contributed by atoms with van der Waals surface area (Å²) in [6.07, 6.45) is 1.37. The van der Waals surface area contributed by atoms with Gasteiger partial charge in [-0.15, -0.1) is 0 Å². The summed E-state index contributed by atoms with van der Waals surface area (Å²) in [7, 11) is 0. The molecule has 0 saturated carbocycles. The number of nitrogens with one attached hydrogen (secondary N) is 1. The minimum Gasteiger partial charge on any atom is -0.507 e. The number of thiocarbonyl (C=S) groups is 1. The lowest BCUT2D eigenvalue weighted by molar-refractivity contribution is -0.126. The highest BCUT2D eigenvalue weighted by atomic mass is 32.2. The highest BCUT2D eigenvalue weighted by Gasteiger charge is 2.33.